The zero-order chi connectivity index (χ0) is 15.4. The molecule has 0 aromatic heterocycles. The van der Waals surface area contributed by atoms with Crippen LogP contribution in [-0.4, -0.2) is 22.6 Å². The van der Waals surface area contributed by atoms with Gasteiger partial charge in [0.25, 0.3) is 5.69 Å². The van der Waals surface area contributed by atoms with Crippen LogP contribution in [0.2, 0.25) is 0 Å². The molecule has 21 heavy (non-hydrogen) atoms. The molecule has 116 valence electrons. The Morgan fingerprint density at radius 1 is 1.38 bits per heavy atom. The van der Waals surface area contributed by atoms with Crippen molar-refractivity contribution in [3.63, 3.8) is 0 Å². The molecule has 0 saturated heterocycles. The van der Waals surface area contributed by atoms with Crippen molar-refractivity contribution >= 4 is 11.4 Å². The lowest BCUT2D eigenvalue weighted by Gasteiger charge is -2.35. The zero-order valence-electron chi connectivity index (χ0n) is 12.8. The van der Waals surface area contributed by atoms with E-state index < -0.39 is 6.10 Å². The molecule has 0 aliphatic heterocycles. The summed E-state index contributed by atoms with van der Waals surface area (Å²) in [5.41, 5.74) is 1.37. The summed E-state index contributed by atoms with van der Waals surface area (Å²) < 4.78 is 0. The van der Waals surface area contributed by atoms with Gasteiger partial charge in [0.2, 0.25) is 0 Å². The summed E-state index contributed by atoms with van der Waals surface area (Å²) in [4.78, 5) is 13.2. The van der Waals surface area contributed by atoms with Gasteiger partial charge in [-0.2, -0.15) is 0 Å². The number of rotatable bonds is 5. The molecule has 5 nitrogen and oxygen atoms in total. The van der Waals surface area contributed by atoms with Crippen LogP contribution in [-0.2, 0) is 0 Å². The van der Waals surface area contributed by atoms with Crippen molar-refractivity contribution in [1.82, 2.24) is 0 Å². The lowest BCUT2D eigenvalue weighted by Crippen LogP contribution is -2.37. The quantitative estimate of drug-likeness (QED) is 0.662. The van der Waals surface area contributed by atoms with Crippen molar-refractivity contribution in [2.45, 2.75) is 58.1 Å². The average Bonchev–Trinajstić information content (AvgIpc) is 2.49. The fourth-order valence-electron chi connectivity index (χ4n) is 3.21. The minimum atomic E-state index is -0.692. The van der Waals surface area contributed by atoms with Crippen molar-refractivity contribution < 1.29 is 10.0 Å². The van der Waals surface area contributed by atoms with E-state index in [0.717, 1.165) is 19.4 Å². The average molecular weight is 292 g/mol. The summed E-state index contributed by atoms with van der Waals surface area (Å²) in [5, 5.41) is 21.0. The second kappa shape index (κ2) is 6.89. The smallest absolute Gasteiger partial charge is 0.292 e. The minimum Gasteiger partial charge on any atom is -0.389 e. The molecule has 5 heteroatoms. The number of benzene rings is 1. The predicted octanol–water partition coefficient (Wildman–Crippen LogP) is 3.81. The summed E-state index contributed by atoms with van der Waals surface area (Å²) in [6, 6.07) is 5.47. The second-order valence-corrected chi connectivity index (χ2v) is 5.76. The van der Waals surface area contributed by atoms with Crippen molar-refractivity contribution in [3.8, 4) is 0 Å². The van der Waals surface area contributed by atoms with Crippen LogP contribution in [0.3, 0.4) is 0 Å². The van der Waals surface area contributed by atoms with Gasteiger partial charge in [-0.05, 0) is 38.3 Å². The van der Waals surface area contributed by atoms with E-state index in [1.165, 1.54) is 25.3 Å². The molecule has 1 saturated carbocycles. The highest BCUT2D eigenvalue weighted by Crippen LogP contribution is 2.35. The first-order valence-corrected chi connectivity index (χ1v) is 7.77. The molecule has 1 aromatic carbocycles. The third kappa shape index (κ3) is 3.53. The highest BCUT2D eigenvalue weighted by molar-refractivity contribution is 5.65. The Morgan fingerprint density at radius 2 is 2.05 bits per heavy atom. The van der Waals surface area contributed by atoms with Crippen LogP contribution in [0.25, 0.3) is 0 Å². The number of hydrogen-bond acceptors (Lipinski definition) is 4. The van der Waals surface area contributed by atoms with Crippen LogP contribution >= 0.6 is 0 Å². The molecule has 1 aliphatic rings. The van der Waals surface area contributed by atoms with Crippen molar-refractivity contribution in [1.29, 1.82) is 0 Å². The molecule has 1 atom stereocenters. The third-order valence-electron chi connectivity index (χ3n) is 4.34. The van der Waals surface area contributed by atoms with Gasteiger partial charge in [0, 0.05) is 18.7 Å². The summed E-state index contributed by atoms with van der Waals surface area (Å²) in [7, 11) is 0. The zero-order valence-corrected chi connectivity index (χ0v) is 12.8. The standard InChI is InChI=1S/C16H24N2O3/c1-3-17(14-7-5-4-6-8-14)15-10-9-13(12(2)19)11-16(15)18(20)21/h9-12,14,19H,3-8H2,1-2H3. The number of anilines is 1. The Bertz CT molecular complexity index is 496. The molecule has 1 aromatic rings. The Balaban J connectivity index is 2.37. The maximum atomic E-state index is 11.4. The van der Waals surface area contributed by atoms with E-state index in [-0.39, 0.29) is 10.6 Å². The summed E-state index contributed by atoms with van der Waals surface area (Å²) in [5.74, 6) is 0. The lowest BCUT2D eigenvalue weighted by molar-refractivity contribution is -0.384. The van der Waals surface area contributed by atoms with Gasteiger partial charge in [0.15, 0.2) is 0 Å². The largest absolute Gasteiger partial charge is 0.389 e. The fraction of sp³-hybridized carbons (Fsp3) is 0.625. The first-order chi connectivity index (χ1) is 10.0. The van der Waals surface area contributed by atoms with Gasteiger partial charge in [-0.3, -0.25) is 10.1 Å². The Labute approximate surface area is 125 Å². The molecule has 1 unspecified atom stereocenters. The molecule has 0 radical (unpaired) electrons. The van der Waals surface area contributed by atoms with Crippen LogP contribution in [0.4, 0.5) is 11.4 Å². The van der Waals surface area contributed by atoms with E-state index in [2.05, 4.69) is 4.90 Å². The number of aliphatic hydroxyl groups excluding tert-OH is 1. The van der Waals surface area contributed by atoms with Crippen LogP contribution in [0.15, 0.2) is 18.2 Å². The molecule has 1 N–H and O–H groups in total. The molecule has 0 heterocycles. The first kappa shape index (κ1) is 15.8. The topological polar surface area (TPSA) is 66.6 Å². The van der Waals surface area contributed by atoms with E-state index >= 15 is 0 Å². The van der Waals surface area contributed by atoms with Crippen molar-refractivity contribution in [3.05, 3.63) is 33.9 Å². The highest BCUT2D eigenvalue weighted by atomic mass is 16.6. The maximum absolute atomic E-state index is 11.4. The van der Waals surface area contributed by atoms with E-state index in [1.54, 1.807) is 19.1 Å². The number of hydrogen-bond donors (Lipinski definition) is 1. The first-order valence-electron chi connectivity index (χ1n) is 7.77. The SMILES string of the molecule is CCN(c1ccc(C(C)O)cc1[N+](=O)[O-])C1CCCCC1. The highest BCUT2D eigenvalue weighted by Gasteiger charge is 2.26. The molecule has 0 amide bonds. The van der Waals surface area contributed by atoms with E-state index in [0.29, 0.717) is 17.3 Å². The van der Waals surface area contributed by atoms with E-state index in [9.17, 15) is 15.2 Å². The second-order valence-electron chi connectivity index (χ2n) is 5.76. The molecular weight excluding hydrogens is 268 g/mol. The molecule has 1 aliphatic carbocycles. The molecule has 2 rings (SSSR count). The van der Waals surface area contributed by atoms with Crippen molar-refractivity contribution in [2.75, 3.05) is 11.4 Å². The van der Waals surface area contributed by atoms with Gasteiger partial charge >= 0.3 is 0 Å². The lowest BCUT2D eigenvalue weighted by atomic mass is 9.93. The third-order valence-corrected chi connectivity index (χ3v) is 4.34. The Morgan fingerprint density at radius 3 is 2.57 bits per heavy atom. The summed E-state index contributed by atoms with van der Waals surface area (Å²) in [6.07, 6.45) is 5.16. The number of nitro groups is 1. The molecule has 1 fully saturated rings. The molecule has 0 spiro atoms. The monoisotopic (exact) mass is 292 g/mol. The summed E-state index contributed by atoms with van der Waals surface area (Å²) >= 11 is 0. The van der Waals surface area contributed by atoms with Crippen molar-refractivity contribution in [2.24, 2.45) is 0 Å². The van der Waals surface area contributed by atoms with Crippen LogP contribution in [0.5, 0.6) is 0 Å². The van der Waals surface area contributed by atoms with Crippen LogP contribution < -0.4 is 4.90 Å². The Kier molecular flexibility index (Phi) is 5.17. The molecule has 0 bridgehead atoms. The van der Waals surface area contributed by atoms with Gasteiger partial charge < -0.3 is 10.0 Å². The van der Waals surface area contributed by atoms with E-state index in [1.807, 2.05) is 6.92 Å². The predicted molar refractivity (Wildman–Crippen MR) is 83.6 cm³/mol. The Hall–Kier alpha value is -1.62. The fourth-order valence-corrected chi connectivity index (χ4v) is 3.21. The van der Waals surface area contributed by atoms with Gasteiger partial charge in [0.1, 0.15) is 5.69 Å². The normalized spacial score (nSPS) is 17.5. The van der Waals surface area contributed by atoms with Crippen LogP contribution in [0.1, 0.15) is 57.6 Å². The summed E-state index contributed by atoms with van der Waals surface area (Å²) in [6.45, 7) is 4.43. The maximum Gasteiger partial charge on any atom is 0.292 e. The van der Waals surface area contributed by atoms with Crippen LogP contribution in [0, 0.1) is 10.1 Å². The van der Waals surface area contributed by atoms with Gasteiger partial charge in [0.05, 0.1) is 11.0 Å². The minimum absolute atomic E-state index is 0.0980. The molecular formula is C16H24N2O3. The number of nitrogens with zero attached hydrogens (tertiary/aromatic N) is 2. The van der Waals surface area contributed by atoms with Gasteiger partial charge in [-0.1, -0.05) is 25.3 Å². The van der Waals surface area contributed by atoms with Gasteiger partial charge in [-0.15, -0.1) is 0 Å². The van der Waals surface area contributed by atoms with Gasteiger partial charge in [-0.25, -0.2) is 0 Å². The van der Waals surface area contributed by atoms with E-state index in [4.69, 9.17) is 0 Å². The number of nitro benzene ring substituents is 1. The number of aliphatic hydroxyl groups is 1.